The first-order chi connectivity index (χ1) is 14.8. The van der Waals surface area contributed by atoms with E-state index in [2.05, 4.69) is 39.5 Å². The lowest BCUT2D eigenvalue weighted by Gasteiger charge is -2.37. The van der Waals surface area contributed by atoms with E-state index in [1.54, 1.807) is 0 Å². The third-order valence-corrected chi connectivity index (χ3v) is 5.61. The molecule has 0 bridgehead atoms. The number of halogens is 1. The van der Waals surface area contributed by atoms with Crippen LogP contribution in [-0.2, 0) is 22.6 Å². The molecule has 2 fully saturated rings. The van der Waals surface area contributed by atoms with Gasteiger partial charge < -0.3 is 24.4 Å². The first-order valence-electron chi connectivity index (χ1n) is 10.8. The Bertz CT molecular complexity index is 811. The highest BCUT2D eigenvalue weighted by molar-refractivity contribution is 14.0. The molecule has 2 unspecified atom stereocenters. The fourth-order valence-corrected chi connectivity index (χ4v) is 3.95. The minimum atomic E-state index is 0. The molecule has 31 heavy (non-hydrogen) atoms. The van der Waals surface area contributed by atoms with Gasteiger partial charge in [-0.3, -0.25) is 4.99 Å². The summed E-state index contributed by atoms with van der Waals surface area (Å²) in [6.45, 7) is 4.51. The summed E-state index contributed by atoms with van der Waals surface area (Å²) in [4.78, 5) is 6.75. The molecule has 0 aromatic heterocycles. The van der Waals surface area contributed by atoms with Crippen molar-refractivity contribution in [2.75, 3.05) is 33.4 Å². The van der Waals surface area contributed by atoms with Crippen LogP contribution in [0.4, 0.5) is 0 Å². The number of ether oxygens (including phenoxy) is 3. The smallest absolute Gasteiger partial charge is 0.194 e. The van der Waals surface area contributed by atoms with Crippen LogP contribution in [0.1, 0.15) is 24.0 Å². The molecule has 0 amide bonds. The molecule has 6 nitrogen and oxygen atoms in total. The molecule has 0 aliphatic carbocycles. The lowest BCUT2D eigenvalue weighted by molar-refractivity contribution is -0.0817. The quantitative estimate of drug-likeness (QED) is 0.345. The van der Waals surface area contributed by atoms with Crippen LogP contribution in [-0.4, -0.2) is 56.4 Å². The molecule has 1 N–H and O–H groups in total. The highest BCUT2D eigenvalue weighted by atomic mass is 127. The van der Waals surface area contributed by atoms with E-state index in [9.17, 15) is 0 Å². The van der Waals surface area contributed by atoms with Gasteiger partial charge in [-0.15, -0.1) is 24.0 Å². The van der Waals surface area contributed by atoms with Crippen LogP contribution in [0.25, 0.3) is 0 Å². The number of benzene rings is 2. The minimum Gasteiger partial charge on any atom is -0.489 e. The van der Waals surface area contributed by atoms with Crippen molar-refractivity contribution in [2.24, 2.45) is 4.99 Å². The third-order valence-electron chi connectivity index (χ3n) is 5.61. The van der Waals surface area contributed by atoms with Gasteiger partial charge in [0.05, 0.1) is 12.7 Å². The van der Waals surface area contributed by atoms with Gasteiger partial charge in [0.25, 0.3) is 0 Å². The summed E-state index contributed by atoms with van der Waals surface area (Å²) in [5.41, 5.74) is 2.35. The van der Waals surface area contributed by atoms with Crippen LogP contribution in [0, 0.1) is 0 Å². The van der Waals surface area contributed by atoms with E-state index in [0.29, 0.717) is 19.8 Å². The van der Waals surface area contributed by atoms with Crippen LogP contribution in [0.5, 0.6) is 5.75 Å². The van der Waals surface area contributed by atoms with Gasteiger partial charge in [-0.2, -0.15) is 0 Å². The Morgan fingerprint density at radius 3 is 2.52 bits per heavy atom. The van der Waals surface area contributed by atoms with Crippen molar-refractivity contribution in [1.29, 1.82) is 0 Å². The maximum Gasteiger partial charge on any atom is 0.194 e. The van der Waals surface area contributed by atoms with E-state index in [1.165, 1.54) is 11.1 Å². The van der Waals surface area contributed by atoms with Crippen LogP contribution in [0.2, 0.25) is 0 Å². The standard InChI is InChI=1S/C24H31N3O3.HI/c1-25-24(27-13-15-29-23(17-27)22-8-5-14-28-22)26-16-19-9-11-21(12-10-19)30-18-20-6-3-2-4-7-20;/h2-4,6-7,9-12,22-23H,5,8,13-18H2,1H3,(H,25,26);1H. The second kappa shape index (κ2) is 12.3. The van der Waals surface area contributed by atoms with Gasteiger partial charge in [0.2, 0.25) is 0 Å². The zero-order chi connectivity index (χ0) is 20.6. The molecule has 2 aromatic carbocycles. The third kappa shape index (κ3) is 6.82. The molecule has 2 saturated heterocycles. The molecule has 2 aliphatic heterocycles. The molecule has 0 saturated carbocycles. The van der Waals surface area contributed by atoms with Crippen molar-refractivity contribution >= 4 is 29.9 Å². The number of nitrogens with one attached hydrogen (secondary N) is 1. The molecule has 4 rings (SSSR count). The fourth-order valence-electron chi connectivity index (χ4n) is 3.95. The number of aliphatic imine (C=N–C) groups is 1. The number of morpholine rings is 1. The van der Waals surface area contributed by atoms with E-state index in [1.807, 2.05) is 37.4 Å². The number of nitrogens with zero attached hydrogens (tertiary/aromatic N) is 2. The van der Waals surface area contributed by atoms with Crippen molar-refractivity contribution in [2.45, 2.75) is 38.2 Å². The zero-order valence-corrected chi connectivity index (χ0v) is 20.4. The van der Waals surface area contributed by atoms with Gasteiger partial charge in [-0.1, -0.05) is 42.5 Å². The van der Waals surface area contributed by atoms with Gasteiger partial charge in [0.15, 0.2) is 5.96 Å². The van der Waals surface area contributed by atoms with E-state index in [0.717, 1.165) is 44.2 Å². The van der Waals surface area contributed by atoms with Crippen molar-refractivity contribution in [3.63, 3.8) is 0 Å². The predicted octanol–water partition coefficient (Wildman–Crippen LogP) is 3.84. The number of hydrogen-bond donors (Lipinski definition) is 1. The van der Waals surface area contributed by atoms with Gasteiger partial charge in [-0.25, -0.2) is 0 Å². The highest BCUT2D eigenvalue weighted by Crippen LogP contribution is 2.21. The van der Waals surface area contributed by atoms with E-state index < -0.39 is 0 Å². The van der Waals surface area contributed by atoms with E-state index in [-0.39, 0.29) is 36.2 Å². The lowest BCUT2D eigenvalue weighted by Crippen LogP contribution is -2.53. The molecule has 2 aromatic rings. The van der Waals surface area contributed by atoms with Gasteiger partial charge in [-0.05, 0) is 36.1 Å². The molecule has 2 aliphatic rings. The Hall–Kier alpha value is -1.84. The topological polar surface area (TPSA) is 55.3 Å². The Kier molecular flexibility index (Phi) is 9.42. The summed E-state index contributed by atoms with van der Waals surface area (Å²) < 4.78 is 17.6. The zero-order valence-electron chi connectivity index (χ0n) is 18.0. The molecule has 0 radical (unpaired) electrons. The number of guanidine groups is 1. The van der Waals surface area contributed by atoms with Crippen LogP contribution < -0.4 is 10.1 Å². The average molecular weight is 537 g/mol. The van der Waals surface area contributed by atoms with Crippen LogP contribution in [0.15, 0.2) is 59.6 Å². The summed E-state index contributed by atoms with van der Waals surface area (Å²) in [5, 5.41) is 3.48. The van der Waals surface area contributed by atoms with Gasteiger partial charge in [0, 0.05) is 33.3 Å². The normalized spacial score (nSPS) is 21.5. The molecule has 168 valence electrons. The van der Waals surface area contributed by atoms with Crippen molar-refractivity contribution < 1.29 is 14.2 Å². The van der Waals surface area contributed by atoms with Gasteiger partial charge >= 0.3 is 0 Å². The van der Waals surface area contributed by atoms with Crippen molar-refractivity contribution in [3.8, 4) is 5.75 Å². The monoisotopic (exact) mass is 537 g/mol. The molecule has 0 spiro atoms. The second-order valence-electron chi connectivity index (χ2n) is 7.73. The largest absolute Gasteiger partial charge is 0.489 e. The molecule has 2 atom stereocenters. The predicted molar refractivity (Wildman–Crippen MR) is 133 cm³/mol. The fraction of sp³-hybridized carbons (Fsp3) is 0.458. The van der Waals surface area contributed by atoms with Crippen LogP contribution >= 0.6 is 24.0 Å². The molecular weight excluding hydrogens is 505 g/mol. The Labute approximate surface area is 202 Å². The van der Waals surface area contributed by atoms with E-state index in [4.69, 9.17) is 14.2 Å². The average Bonchev–Trinajstić information content (AvgIpc) is 3.35. The number of rotatable bonds is 6. The molecule has 2 heterocycles. The molecule has 7 heteroatoms. The maximum absolute atomic E-state index is 5.95. The second-order valence-corrected chi connectivity index (χ2v) is 7.73. The first-order valence-corrected chi connectivity index (χ1v) is 10.8. The Balaban J connectivity index is 0.00000272. The maximum atomic E-state index is 5.95. The minimum absolute atomic E-state index is 0. The van der Waals surface area contributed by atoms with Crippen molar-refractivity contribution in [1.82, 2.24) is 10.2 Å². The molecular formula is C24H32IN3O3. The lowest BCUT2D eigenvalue weighted by atomic mass is 10.1. The summed E-state index contributed by atoms with van der Waals surface area (Å²) in [6.07, 6.45) is 2.56. The van der Waals surface area contributed by atoms with Crippen molar-refractivity contribution in [3.05, 3.63) is 65.7 Å². The highest BCUT2D eigenvalue weighted by Gasteiger charge is 2.32. The Morgan fingerprint density at radius 1 is 1.03 bits per heavy atom. The summed E-state index contributed by atoms with van der Waals surface area (Å²) in [7, 11) is 1.83. The summed E-state index contributed by atoms with van der Waals surface area (Å²) in [5.74, 6) is 1.78. The SMILES string of the molecule is CN=C(NCc1ccc(OCc2ccccc2)cc1)N1CCOC(C2CCCO2)C1.I. The first kappa shape index (κ1) is 23.8. The summed E-state index contributed by atoms with van der Waals surface area (Å²) >= 11 is 0. The summed E-state index contributed by atoms with van der Waals surface area (Å²) in [6, 6.07) is 18.4. The van der Waals surface area contributed by atoms with Crippen LogP contribution in [0.3, 0.4) is 0 Å². The van der Waals surface area contributed by atoms with E-state index >= 15 is 0 Å². The van der Waals surface area contributed by atoms with Gasteiger partial charge in [0.1, 0.15) is 18.5 Å². The Morgan fingerprint density at radius 2 is 1.81 bits per heavy atom. The number of hydrogen-bond acceptors (Lipinski definition) is 4.